The molecular weight excluding hydrogens is 355 g/mol. The first kappa shape index (κ1) is 17.3. The Morgan fingerprint density at radius 1 is 1.29 bits per heavy atom. The highest BCUT2D eigenvalue weighted by Gasteiger charge is 2.42. The molecule has 0 spiro atoms. The van der Waals surface area contributed by atoms with Gasteiger partial charge in [0.15, 0.2) is 0 Å². The molecule has 1 aromatic carbocycles. The molecule has 6 nitrogen and oxygen atoms in total. The van der Waals surface area contributed by atoms with Crippen molar-refractivity contribution in [3.8, 4) is 5.75 Å². The van der Waals surface area contributed by atoms with Gasteiger partial charge >= 0.3 is 0 Å². The van der Waals surface area contributed by atoms with E-state index < -0.39 is 0 Å². The number of aliphatic hydroxyl groups excluding tert-OH is 1. The number of rotatable bonds is 3. The van der Waals surface area contributed by atoms with E-state index in [9.17, 15) is 14.7 Å². The van der Waals surface area contributed by atoms with Gasteiger partial charge in [-0.2, -0.15) is 0 Å². The normalized spacial score (nSPS) is 23.5. The van der Waals surface area contributed by atoms with Crippen molar-refractivity contribution in [2.45, 2.75) is 24.8 Å². The van der Waals surface area contributed by atoms with Gasteiger partial charge in [-0.25, -0.2) is 0 Å². The maximum atomic E-state index is 12.4. The van der Waals surface area contributed by atoms with Crippen molar-refractivity contribution in [3.05, 3.63) is 27.7 Å². The zero-order chi connectivity index (χ0) is 17.4. The fourth-order valence-corrected chi connectivity index (χ4v) is 4.04. The first-order valence-corrected chi connectivity index (χ1v) is 8.53. The largest absolute Gasteiger partial charge is 0.508 e. The minimum Gasteiger partial charge on any atom is -0.508 e. The number of fused-ring (bicyclic) bond motifs is 1. The highest BCUT2D eigenvalue weighted by Crippen LogP contribution is 2.43. The number of halogens is 2. The molecule has 0 aliphatic carbocycles. The number of nitrogens with zero attached hydrogens (tertiary/aromatic N) is 2. The lowest BCUT2D eigenvalue weighted by Crippen LogP contribution is -2.55. The number of aromatic hydroxyl groups is 1. The molecule has 0 saturated carbocycles. The average molecular weight is 373 g/mol. The Labute approximate surface area is 149 Å². The van der Waals surface area contributed by atoms with Crippen LogP contribution < -0.4 is 0 Å². The zero-order valence-electron chi connectivity index (χ0n) is 12.9. The Morgan fingerprint density at radius 3 is 2.75 bits per heavy atom. The number of carbonyl (C=O) groups excluding carboxylic acids is 2. The molecule has 0 aromatic heterocycles. The van der Waals surface area contributed by atoms with E-state index in [1.54, 1.807) is 4.90 Å². The molecule has 1 aromatic rings. The number of piperazine rings is 1. The molecule has 0 bridgehead atoms. The lowest BCUT2D eigenvalue weighted by molar-refractivity contribution is -0.147. The van der Waals surface area contributed by atoms with Gasteiger partial charge in [-0.1, -0.05) is 23.2 Å². The zero-order valence-corrected chi connectivity index (χ0v) is 14.4. The molecule has 3 rings (SSSR count). The van der Waals surface area contributed by atoms with Gasteiger partial charge in [-0.15, -0.1) is 0 Å². The van der Waals surface area contributed by atoms with Crippen molar-refractivity contribution in [2.24, 2.45) is 0 Å². The highest BCUT2D eigenvalue weighted by atomic mass is 35.5. The maximum Gasteiger partial charge on any atom is 0.242 e. The number of aliphatic hydroxyl groups is 1. The van der Waals surface area contributed by atoms with E-state index in [4.69, 9.17) is 28.3 Å². The monoisotopic (exact) mass is 372 g/mol. The number of carbonyl (C=O) groups is 2. The molecule has 2 amide bonds. The smallest absolute Gasteiger partial charge is 0.242 e. The fourth-order valence-electron chi connectivity index (χ4n) is 3.57. The third kappa shape index (κ3) is 3.06. The summed E-state index contributed by atoms with van der Waals surface area (Å²) in [6, 6.07) is 2.92. The van der Waals surface area contributed by atoms with Gasteiger partial charge in [-0.3, -0.25) is 9.59 Å². The van der Waals surface area contributed by atoms with Crippen LogP contribution >= 0.6 is 23.2 Å². The molecule has 2 aliphatic heterocycles. The van der Waals surface area contributed by atoms with Crippen LogP contribution in [0.25, 0.3) is 0 Å². The number of hydrogen-bond acceptors (Lipinski definition) is 4. The first-order valence-electron chi connectivity index (χ1n) is 7.77. The van der Waals surface area contributed by atoms with Crippen molar-refractivity contribution in [1.82, 2.24) is 9.80 Å². The predicted octanol–water partition coefficient (Wildman–Crippen LogP) is 1.61. The Balaban J connectivity index is 1.81. The van der Waals surface area contributed by atoms with Crippen LogP contribution in [0.15, 0.2) is 12.1 Å². The number of benzene rings is 1. The third-order valence-electron chi connectivity index (χ3n) is 4.69. The van der Waals surface area contributed by atoms with Gasteiger partial charge in [-0.05, 0) is 18.6 Å². The summed E-state index contributed by atoms with van der Waals surface area (Å²) in [5, 5.41) is 19.7. The SMILES string of the molecule is O=C(CCO)N1CC(=O)N2C[C@@H](c3c(O)ccc(Cl)c3Cl)C[C@H]2C1. The number of amides is 2. The van der Waals surface area contributed by atoms with Crippen molar-refractivity contribution in [3.63, 3.8) is 0 Å². The van der Waals surface area contributed by atoms with E-state index in [1.165, 1.54) is 17.0 Å². The molecule has 2 aliphatic rings. The summed E-state index contributed by atoms with van der Waals surface area (Å²) in [5.41, 5.74) is 0.555. The predicted molar refractivity (Wildman–Crippen MR) is 89.3 cm³/mol. The lowest BCUT2D eigenvalue weighted by atomic mass is 9.95. The molecule has 130 valence electrons. The average Bonchev–Trinajstić information content (AvgIpc) is 2.96. The van der Waals surface area contributed by atoms with Gasteiger partial charge in [0.2, 0.25) is 11.8 Å². The summed E-state index contributed by atoms with van der Waals surface area (Å²) in [6.45, 7) is 0.670. The molecule has 0 unspecified atom stereocenters. The van der Waals surface area contributed by atoms with E-state index in [2.05, 4.69) is 0 Å². The Kier molecular flexibility index (Phi) is 4.90. The van der Waals surface area contributed by atoms with Crippen LogP contribution in [0.2, 0.25) is 10.0 Å². The van der Waals surface area contributed by atoms with Crippen molar-refractivity contribution >= 4 is 35.0 Å². The summed E-state index contributed by atoms with van der Waals surface area (Å²) in [4.78, 5) is 27.5. The molecular formula is C16H18Cl2N2O4. The molecule has 2 N–H and O–H groups in total. The quantitative estimate of drug-likeness (QED) is 0.844. The van der Waals surface area contributed by atoms with Gasteiger partial charge in [0.05, 0.1) is 29.2 Å². The molecule has 2 atom stereocenters. The van der Waals surface area contributed by atoms with Crippen LogP contribution in [0, 0.1) is 0 Å². The second-order valence-corrected chi connectivity index (χ2v) is 6.96. The van der Waals surface area contributed by atoms with Crippen LogP contribution in [0.5, 0.6) is 5.75 Å². The minimum atomic E-state index is -0.230. The summed E-state index contributed by atoms with van der Waals surface area (Å²) in [7, 11) is 0. The van der Waals surface area contributed by atoms with Gasteiger partial charge in [0, 0.05) is 31.0 Å². The maximum absolute atomic E-state index is 12.4. The van der Waals surface area contributed by atoms with Gasteiger partial charge < -0.3 is 20.0 Å². The van der Waals surface area contributed by atoms with Crippen LogP contribution in [-0.2, 0) is 9.59 Å². The van der Waals surface area contributed by atoms with Crippen molar-refractivity contribution < 1.29 is 19.8 Å². The van der Waals surface area contributed by atoms with E-state index in [-0.39, 0.29) is 49.1 Å². The van der Waals surface area contributed by atoms with Gasteiger partial charge in [0.1, 0.15) is 5.75 Å². The number of phenolic OH excluding ortho intramolecular Hbond substituents is 1. The number of hydrogen-bond donors (Lipinski definition) is 2. The van der Waals surface area contributed by atoms with Crippen molar-refractivity contribution in [2.75, 3.05) is 26.2 Å². The van der Waals surface area contributed by atoms with E-state index in [0.717, 1.165) is 0 Å². The highest BCUT2D eigenvalue weighted by molar-refractivity contribution is 6.42. The Morgan fingerprint density at radius 2 is 2.04 bits per heavy atom. The van der Waals surface area contributed by atoms with E-state index >= 15 is 0 Å². The van der Waals surface area contributed by atoms with Crippen LogP contribution in [0.3, 0.4) is 0 Å². The fraction of sp³-hybridized carbons (Fsp3) is 0.500. The second kappa shape index (κ2) is 6.78. The Hall–Kier alpha value is -1.50. The Bertz CT molecular complexity index is 682. The topological polar surface area (TPSA) is 81.1 Å². The summed E-state index contributed by atoms with van der Waals surface area (Å²) in [6.07, 6.45) is 0.618. The molecule has 0 radical (unpaired) electrons. The number of phenols is 1. The molecule has 2 heterocycles. The standard InChI is InChI=1S/C16H18Cl2N2O4/c17-11-1-2-12(22)15(16(11)18)9-5-10-7-19(13(23)3-4-21)8-14(24)20(10)6-9/h1-2,9-10,21-22H,3-8H2/t9-,10-/m0/s1. The molecule has 8 heteroatoms. The van der Waals surface area contributed by atoms with Crippen molar-refractivity contribution in [1.29, 1.82) is 0 Å². The van der Waals surface area contributed by atoms with Crippen LogP contribution in [0.4, 0.5) is 0 Å². The van der Waals surface area contributed by atoms with Gasteiger partial charge in [0.25, 0.3) is 0 Å². The van der Waals surface area contributed by atoms with Crippen LogP contribution in [0.1, 0.15) is 24.3 Å². The lowest BCUT2D eigenvalue weighted by Gasteiger charge is -2.37. The minimum absolute atomic E-state index is 0.0182. The summed E-state index contributed by atoms with van der Waals surface area (Å²) < 4.78 is 0. The third-order valence-corrected chi connectivity index (χ3v) is 5.51. The molecule has 24 heavy (non-hydrogen) atoms. The second-order valence-electron chi connectivity index (χ2n) is 6.17. The summed E-state index contributed by atoms with van der Waals surface area (Å²) in [5.74, 6) is -0.414. The van der Waals surface area contributed by atoms with E-state index in [0.29, 0.717) is 35.1 Å². The molecule has 2 saturated heterocycles. The first-order chi connectivity index (χ1) is 11.4. The van der Waals surface area contributed by atoms with E-state index in [1.807, 2.05) is 0 Å². The summed E-state index contributed by atoms with van der Waals surface area (Å²) >= 11 is 12.3. The molecule has 2 fully saturated rings. The van der Waals surface area contributed by atoms with Crippen LogP contribution in [-0.4, -0.2) is 64.1 Å².